The van der Waals surface area contributed by atoms with Crippen LogP contribution in [-0.4, -0.2) is 24.6 Å². The SMILES string of the molecule is CC(C)=O.CNc1ccc(Cc2ccc(N3C(=O)c4ccccc4C3=O)cc2)cc1. The van der Waals surface area contributed by atoms with Crippen LogP contribution in [0.25, 0.3) is 0 Å². The maximum atomic E-state index is 12.5. The quantitative estimate of drug-likeness (QED) is 0.644. The summed E-state index contributed by atoms with van der Waals surface area (Å²) in [6, 6.07) is 22.8. The highest BCUT2D eigenvalue weighted by molar-refractivity contribution is 6.34. The monoisotopic (exact) mass is 400 g/mol. The molecule has 0 spiro atoms. The van der Waals surface area contributed by atoms with Gasteiger partial charge in [0, 0.05) is 12.7 Å². The number of hydrogen-bond donors (Lipinski definition) is 1. The second-order valence-corrected chi connectivity index (χ2v) is 7.19. The number of carbonyl (C=O) groups excluding carboxylic acids is 3. The van der Waals surface area contributed by atoms with E-state index in [1.54, 1.807) is 24.3 Å². The van der Waals surface area contributed by atoms with Gasteiger partial charge < -0.3 is 10.1 Å². The largest absolute Gasteiger partial charge is 0.388 e. The number of ketones is 1. The van der Waals surface area contributed by atoms with Crippen molar-refractivity contribution in [3.8, 4) is 0 Å². The van der Waals surface area contributed by atoms with Crippen molar-refractivity contribution >= 4 is 29.0 Å². The Labute approximate surface area is 176 Å². The molecule has 152 valence electrons. The molecule has 0 aromatic heterocycles. The summed E-state index contributed by atoms with van der Waals surface area (Å²) >= 11 is 0. The summed E-state index contributed by atoms with van der Waals surface area (Å²) in [5.41, 5.74) is 4.94. The number of nitrogens with zero attached hydrogens (tertiary/aromatic N) is 1. The van der Waals surface area contributed by atoms with Gasteiger partial charge in [-0.2, -0.15) is 0 Å². The lowest BCUT2D eigenvalue weighted by atomic mass is 10.0. The summed E-state index contributed by atoms with van der Waals surface area (Å²) in [4.78, 5) is 35.8. The first kappa shape index (κ1) is 21.0. The predicted molar refractivity (Wildman–Crippen MR) is 119 cm³/mol. The number of fused-ring (bicyclic) bond motifs is 1. The van der Waals surface area contributed by atoms with Crippen molar-refractivity contribution in [3.63, 3.8) is 0 Å². The fourth-order valence-electron chi connectivity index (χ4n) is 3.21. The highest BCUT2D eigenvalue weighted by Crippen LogP contribution is 2.28. The molecular formula is C25H24N2O3. The van der Waals surface area contributed by atoms with Crippen molar-refractivity contribution in [2.75, 3.05) is 17.3 Å². The molecule has 0 saturated heterocycles. The molecule has 4 rings (SSSR count). The van der Waals surface area contributed by atoms with Gasteiger partial charge in [-0.05, 0) is 67.8 Å². The molecule has 30 heavy (non-hydrogen) atoms. The van der Waals surface area contributed by atoms with E-state index in [2.05, 4.69) is 17.4 Å². The summed E-state index contributed by atoms with van der Waals surface area (Å²) in [5, 5.41) is 3.10. The van der Waals surface area contributed by atoms with Gasteiger partial charge >= 0.3 is 0 Å². The first-order chi connectivity index (χ1) is 14.4. The van der Waals surface area contributed by atoms with Crippen LogP contribution in [0.3, 0.4) is 0 Å². The molecular weight excluding hydrogens is 376 g/mol. The summed E-state index contributed by atoms with van der Waals surface area (Å²) in [7, 11) is 1.90. The number of amides is 2. The van der Waals surface area contributed by atoms with Crippen molar-refractivity contribution in [2.24, 2.45) is 0 Å². The molecule has 0 radical (unpaired) electrons. The van der Waals surface area contributed by atoms with Crippen molar-refractivity contribution < 1.29 is 14.4 Å². The minimum Gasteiger partial charge on any atom is -0.388 e. The Hall–Kier alpha value is -3.73. The maximum absolute atomic E-state index is 12.5. The van der Waals surface area contributed by atoms with E-state index in [1.807, 2.05) is 43.4 Å². The lowest BCUT2D eigenvalue weighted by molar-refractivity contribution is -0.115. The lowest BCUT2D eigenvalue weighted by Crippen LogP contribution is -2.29. The van der Waals surface area contributed by atoms with Crippen LogP contribution in [0.5, 0.6) is 0 Å². The van der Waals surface area contributed by atoms with Crippen molar-refractivity contribution in [3.05, 3.63) is 95.1 Å². The second-order valence-electron chi connectivity index (χ2n) is 7.19. The normalized spacial score (nSPS) is 12.2. The molecule has 3 aromatic carbocycles. The van der Waals surface area contributed by atoms with Crippen LogP contribution < -0.4 is 10.2 Å². The molecule has 1 aliphatic rings. The smallest absolute Gasteiger partial charge is 0.266 e. The van der Waals surface area contributed by atoms with Crippen LogP contribution in [0.2, 0.25) is 0 Å². The van der Waals surface area contributed by atoms with Crippen molar-refractivity contribution in [1.82, 2.24) is 0 Å². The summed E-state index contributed by atoms with van der Waals surface area (Å²) in [6.07, 6.45) is 0.798. The number of anilines is 2. The Kier molecular flexibility index (Phi) is 6.42. The van der Waals surface area contributed by atoms with E-state index in [1.165, 1.54) is 24.3 Å². The van der Waals surface area contributed by atoms with Gasteiger partial charge in [-0.1, -0.05) is 36.4 Å². The molecule has 1 N–H and O–H groups in total. The third-order valence-electron chi connectivity index (χ3n) is 4.64. The third-order valence-corrected chi connectivity index (χ3v) is 4.64. The van der Waals surface area contributed by atoms with Crippen LogP contribution in [0, 0.1) is 0 Å². The van der Waals surface area contributed by atoms with Gasteiger partial charge in [0.15, 0.2) is 0 Å². The van der Waals surface area contributed by atoms with Crippen molar-refractivity contribution in [2.45, 2.75) is 20.3 Å². The van der Waals surface area contributed by atoms with Crippen LogP contribution in [-0.2, 0) is 11.2 Å². The Bertz CT molecular complexity index is 1030. The molecule has 0 aliphatic carbocycles. The van der Waals surface area contributed by atoms with Gasteiger partial charge in [0.2, 0.25) is 0 Å². The van der Waals surface area contributed by atoms with Crippen molar-refractivity contribution in [1.29, 1.82) is 0 Å². The van der Waals surface area contributed by atoms with Gasteiger partial charge in [0.25, 0.3) is 11.8 Å². The number of nitrogens with one attached hydrogen (secondary N) is 1. The number of Topliss-reactive ketones (excluding diaryl/α,β-unsaturated/α-hetero) is 1. The first-order valence-corrected chi connectivity index (χ1v) is 9.71. The molecule has 0 saturated carbocycles. The highest BCUT2D eigenvalue weighted by atomic mass is 16.2. The molecule has 0 unspecified atom stereocenters. The second kappa shape index (κ2) is 9.18. The van der Waals surface area contributed by atoms with E-state index in [0.29, 0.717) is 16.8 Å². The molecule has 5 heteroatoms. The summed E-state index contributed by atoms with van der Waals surface area (Å²) in [6.45, 7) is 3.06. The molecule has 1 heterocycles. The van der Waals surface area contributed by atoms with Gasteiger partial charge in [0.1, 0.15) is 5.78 Å². The molecule has 0 atom stereocenters. The number of benzene rings is 3. The minimum atomic E-state index is -0.263. The standard InChI is InChI=1S/C22H18N2O2.C3H6O/c1-23-17-10-6-15(7-11-17)14-16-8-12-18(13-9-16)24-21(25)19-4-2-3-5-20(19)22(24)26;1-3(2)4/h2-13,23H,14H2,1H3;1-2H3. The molecule has 5 nitrogen and oxygen atoms in total. The highest BCUT2D eigenvalue weighted by Gasteiger charge is 2.36. The summed E-state index contributed by atoms with van der Waals surface area (Å²) < 4.78 is 0. The van der Waals surface area contributed by atoms with E-state index in [4.69, 9.17) is 0 Å². The Morgan fingerprint density at radius 1 is 0.767 bits per heavy atom. The zero-order chi connectivity index (χ0) is 21.7. The average molecular weight is 400 g/mol. The fourth-order valence-corrected chi connectivity index (χ4v) is 3.21. The minimum absolute atomic E-state index is 0.167. The van der Waals surface area contributed by atoms with E-state index < -0.39 is 0 Å². The van der Waals surface area contributed by atoms with Gasteiger partial charge in [-0.15, -0.1) is 0 Å². The van der Waals surface area contributed by atoms with E-state index in [-0.39, 0.29) is 17.6 Å². The van der Waals surface area contributed by atoms with Crippen LogP contribution in [0.15, 0.2) is 72.8 Å². The summed E-state index contributed by atoms with van der Waals surface area (Å²) in [5.74, 6) is -0.359. The number of hydrogen-bond acceptors (Lipinski definition) is 4. The Morgan fingerprint density at radius 3 is 1.63 bits per heavy atom. The van der Waals surface area contributed by atoms with Gasteiger partial charge in [-0.25, -0.2) is 4.90 Å². The zero-order valence-corrected chi connectivity index (χ0v) is 17.3. The van der Waals surface area contributed by atoms with Gasteiger partial charge in [-0.3, -0.25) is 9.59 Å². The average Bonchev–Trinajstić information content (AvgIpc) is 3.00. The van der Waals surface area contributed by atoms with Gasteiger partial charge in [0.05, 0.1) is 16.8 Å². The van der Waals surface area contributed by atoms with E-state index >= 15 is 0 Å². The van der Waals surface area contributed by atoms with E-state index in [9.17, 15) is 14.4 Å². The number of carbonyl (C=O) groups is 3. The lowest BCUT2D eigenvalue weighted by Gasteiger charge is -2.14. The zero-order valence-electron chi connectivity index (χ0n) is 17.3. The molecule has 3 aromatic rings. The first-order valence-electron chi connectivity index (χ1n) is 9.71. The fraction of sp³-hybridized carbons (Fsp3) is 0.160. The molecule has 0 fully saturated rings. The van der Waals surface area contributed by atoms with Crippen LogP contribution in [0.4, 0.5) is 11.4 Å². The number of imide groups is 1. The van der Waals surface area contributed by atoms with E-state index in [0.717, 1.165) is 17.7 Å². The third kappa shape index (κ3) is 4.63. The number of rotatable bonds is 4. The predicted octanol–water partition coefficient (Wildman–Crippen LogP) is 4.72. The topological polar surface area (TPSA) is 66.5 Å². The molecule has 0 bridgehead atoms. The molecule has 1 aliphatic heterocycles. The van der Waals surface area contributed by atoms with Crippen LogP contribution >= 0.6 is 0 Å². The van der Waals surface area contributed by atoms with Crippen LogP contribution in [0.1, 0.15) is 45.7 Å². The Morgan fingerprint density at radius 2 is 1.20 bits per heavy atom. The Balaban J connectivity index is 0.000000589. The maximum Gasteiger partial charge on any atom is 0.266 e. The molecule has 2 amide bonds.